The summed E-state index contributed by atoms with van der Waals surface area (Å²) < 4.78 is 19.7. The molecule has 0 saturated heterocycles. The molecule has 5 rings (SSSR count). The number of carbonyl (C=O) groups excluding carboxylic acids is 2. The summed E-state index contributed by atoms with van der Waals surface area (Å²) in [6.07, 6.45) is 1.22. The highest BCUT2D eigenvalue weighted by atomic mass is 19.1. The van der Waals surface area contributed by atoms with Crippen LogP contribution in [0.25, 0.3) is 0 Å². The third kappa shape index (κ3) is 5.06. The second-order valence-electron chi connectivity index (χ2n) is 8.96. The predicted molar refractivity (Wildman–Crippen MR) is 143 cm³/mol. The zero-order valence-electron chi connectivity index (χ0n) is 21.0. The topological polar surface area (TPSA) is 100 Å². The maximum Gasteiger partial charge on any atom is 0.338 e. The van der Waals surface area contributed by atoms with Crippen molar-refractivity contribution >= 4 is 35.0 Å². The van der Waals surface area contributed by atoms with E-state index in [1.165, 1.54) is 36.3 Å². The molecule has 3 aromatic carbocycles. The molecule has 1 aliphatic heterocycles. The number of aromatic carboxylic acids is 1. The second-order valence-corrected chi connectivity index (χ2v) is 8.96. The van der Waals surface area contributed by atoms with E-state index in [4.69, 9.17) is 4.74 Å². The van der Waals surface area contributed by atoms with Gasteiger partial charge in [0.1, 0.15) is 17.4 Å². The predicted octanol–water partition coefficient (Wildman–Crippen LogP) is 5.16. The van der Waals surface area contributed by atoms with Crippen molar-refractivity contribution in [2.45, 2.75) is 12.3 Å². The normalized spacial score (nSPS) is 12.9. The van der Waals surface area contributed by atoms with Crippen molar-refractivity contribution in [2.75, 3.05) is 23.5 Å². The van der Waals surface area contributed by atoms with E-state index in [9.17, 15) is 23.9 Å². The number of carboxylic acids is 1. The van der Waals surface area contributed by atoms with Crippen LogP contribution in [0, 0.1) is 5.82 Å². The fourth-order valence-corrected chi connectivity index (χ4v) is 4.61. The number of nitrogens with zero attached hydrogens (tertiary/aromatic N) is 3. The van der Waals surface area contributed by atoms with Gasteiger partial charge in [0.15, 0.2) is 0 Å². The Kier molecular flexibility index (Phi) is 7.05. The molecule has 196 valence electrons. The molecule has 0 aliphatic carbocycles. The van der Waals surface area contributed by atoms with Gasteiger partial charge in [-0.1, -0.05) is 60.7 Å². The highest BCUT2D eigenvalue weighted by Gasteiger charge is 2.31. The van der Waals surface area contributed by atoms with E-state index >= 15 is 0 Å². The molecule has 0 fully saturated rings. The number of ether oxygens (including phenoxy) is 1. The lowest BCUT2D eigenvalue weighted by molar-refractivity contribution is -0.119. The molecule has 0 spiro atoms. The van der Waals surface area contributed by atoms with Gasteiger partial charge < -0.3 is 14.7 Å². The van der Waals surface area contributed by atoms with Crippen LogP contribution in [0.2, 0.25) is 0 Å². The fourth-order valence-electron chi connectivity index (χ4n) is 4.61. The number of anilines is 3. The maximum absolute atomic E-state index is 14.1. The van der Waals surface area contributed by atoms with Crippen molar-refractivity contribution in [1.29, 1.82) is 0 Å². The monoisotopic (exact) mass is 525 g/mol. The lowest BCUT2D eigenvalue weighted by Gasteiger charge is -2.27. The number of halogens is 1. The molecule has 8 nitrogen and oxygen atoms in total. The average Bonchev–Trinajstić information content (AvgIpc) is 3.11. The van der Waals surface area contributed by atoms with E-state index in [0.717, 1.165) is 22.1 Å². The summed E-state index contributed by atoms with van der Waals surface area (Å²) >= 11 is 0. The van der Waals surface area contributed by atoms with E-state index in [2.05, 4.69) is 4.98 Å². The van der Waals surface area contributed by atoms with Crippen LogP contribution in [0.15, 0.2) is 91.1 Å². The molecule has 2 amide bonds. The van der Waals surface area contributed by atoms with Crippen LogP contribution in [-0.4, -0.2) is 41.5 Å². The number of pyridine rings is 1. The average molecular weight is 526 g/mol. The smallest absolute Gasteiger partial charge is 0.338 e. The van der Waals surface area contributed by atoms with Crippen molar-refractivity contribution in [3.63, 3.8) is 0 Å². The molecule has 39 heavy (non-hydrogen) atoms. The summed E-state index contributed by atoms with van der Waals surface area (Å²) in [4.78, 5) is 46.0. The number of hydrogen-bond donors (Lipinski definition) is 1. The van der Waals surface area contributed by atoms with Gasteiger partial charge in [0, 0.05) is 13.1 Å². The van der Waals surface area contributed by atoms with Gasteiger partial charge in [-0.25, -0.2) is 14.2 Å². The number of hydrogen-bond acceptors (Lipinski definition) is 5. The molecule has 2 heterocycles. The number of aromatic nitrogens is 1. The third-order valence-corrected chi connectivity index (χ3v) is 6.52. The van der Waals surface area contributed by atoms with Crippen LogP contribution in [-0.2, 0) is 9.59 Å². The van der Waals surface area contributed by atoms with Gasteiger partial charge in [-0.15, -0.1) is 0 Å². The molecule has 0 unspecified atom stereocenters. The van der Waals surface area contributed by atoms with Gasteiger partial charge in [0.25, 0.3) is 0 Å². The Hall–Kier alpha value is -5.05. The highest BCUT2D eigenvalue weighted by Crippen LogP contribution is 2.38. The molecular formula is C30H24FN3O5. The lowest BCUT2D eigenvalue weighted by atomic mass is 9.90. The summed E-state index contributed by atoms with van der Waals surface area (Å²) in [5.74, 6) is -3.16. The molecule has 9 heteroatoms. The zero-order chi connectivity index (χ0) is 27.5. The number of carbonyl (C=O) groups is 3. The van der Waals surface area contributed by atoms with Crippen molar-refractivity contribution in [2.24, 2.45) is 0 Å². The van der Waals surface area contributed by atoms with Crippen LogP contribution in [0.3, 0.4) is 0 Å². The molecule has 0 saturated carbocycles. The Morgan fingerprint density at radius 2 is 1.64 bits per heavy atom. The second kappa shape index (κ2) is 10.7. The number of likely N-dealkylation sites (N-methyl/N-ethyl adjacent to an activating group) is 1. The summed E-state index contributed by atoms with van der Waals surface area (Å²) in [5.41, 5.74) is 1.41. The Bertz CT molecular complexity index is 1510. The van der Waals surface area contributed by atoms with E-state index in [1.54, 1.807) is 0 Å². The summed E-state index contributed by atoms with van der Waals surface area (Å²) in [6.45, 7) is 0.0788. The van der Waals surface area contributed by atoms with Gasteiger partial charge in [-0.3, -0.25) is 14.5 Å². The molecule has 1 aliphatic rings. The Labute approximate surface area is 223 Å². The highest BCUT2D eigenvalue weighted by molar-refractivity contribution is 6.07. The molecule has 1 N–H and O–H groups in total. The fraction of sp³-hybridized carbons (Fsp3) is 0.133. The van der Waals surface area contributed by atoms with Crippen LogP contribution in [0.1, 0.15) is 33.8 Å². The first kappa shape index (κ1) is 25.6. The van der Waals surface area contributed by atoms with Gasteiger partial charge in [-0.2, -0.15) is 0 Å². The minimum atomic E-state index is -1.32. The van der Waals surface area contributed by atoms with Crippen molar-refractivity contribution in [3.8, 4) is 5.75 Å². The van der Waals surface area contributed by atoms with E-state index in [0.29, 0.717) is 0 Å². The van der Waals surface area contributed by atoms with Gasteiger partial charge in [-0.05, 0) is 29.3 Å². The van der Waals surface area contributed by atoms with Crippen LogP contribution in [0.5, 0.6) is 5.75 Å². The first-order valence-corrected chi connectivity index (χ1v) is 12.2. The number of rotatable bonds is 6. The van der Waals surface area contributed by atoms with E-state index < -0.39 is 23.6 Å². The van der Waals surface area contributed by atoms with Gasteiger partial charge in [0.05, 0.1) is 42.1 Å². The number of amides is 2. The number of benzene rings is 3. The minimum Gasteiger partial charge on any atom is -0.491 e. The molecule has 1 aromatic heterocycles. The molecular weight excluding hydrogens is 501 g/mol. The molecule has 4 aromatic rings. The minimum absolute atomic E-state index is 0.0175. The quantitative estimate of drug-likeness (QED) is 0.373. The summed E-state index contributed by atoms with van der Waals surface area (Å²) in [5, 5.41) is 10.1. The maximum atomic E-state index is 14.1. The standard InChI is InChI=1S/C30H24FN3O5/c1-33(29(36)28(19-8-4-2-5-9-19)20-10-6-3-7-11-20)24-18-32-26(17-22(24)30(37)38)34-23-16-21(31)12-13-25(23)39-15-14-27(34)35/h2-13,16-18,28H,14-15H2,1H3,(H,37,38). The summed E-state index contributed by atoms with van der Waals surface area (Å²) in [6, 6.07) is 23.4. The summed E-state index contributed by atoms with van der Waals surface area (Å²) in [7, 11) is 1.49. The Morgan fingerprint density at radius 3 is 2.26 bits per heavy atom. The number of fused-ring (bicyclic) bond motifs is 1. The van der Waals surface area contributed by atoms with Gasteiger partial charge >= 0.3 is 5.97 Å². The van der Waals surface area contributed by atoms with Crippen molar-refractivity contribution < 1.29 is 28.6 Å². The number of carboxylic acid groups (broad SMARTS) is 1. The third-order valence-electron chi connectivity index (χ3n) is 6.52. The van der Waals surface area contributed by atoms with E-state index in [-0.39, 0.29) is 47.4 Å². The van der Waals surface area contributed by atoms with E-state index in [1.807, 2.05) is 60.7 Å². The van der Waals surface area contributed by atoms with Crippen LogP contribution >= 0.6 is 0 Å². The lowest BCUT2D eigenvalue weighted by Crippen LogP contribution is -2.34. The molecule has 0 radical (unpaired) electrons. The zero-order valence-corrected chi connectivity index (χ0v) is 21.0. The van der Waals surface area contributed by atoms with Crippen LogP contribution < -0.4 is 14.5 Å². The molecule has 0 bridgehead atoms. The van der Waals surface area contributed by atoms with Gasteiger partial charge in [0.2, 0.25) is 11.8 Å². The molecule has 0 atom stereocenters. The Morgan fingerprint density at radius 1 is 1.00 bits per heavy atom. The largest absolute Gasteiger partial charge is 0.491 e. The first-order chi connectivity index (χ1) is 18.8. The SMILES string of the molecule is CN(C(=O)C(c1ccccc1)c1ccccc1)c1cnc(N2C(=O)CCOc3ccc(F)cc32)cc1C(=O)O. The van der Waals surface area contributed by atoms with Crippen molar-refractivity contribution in [3.05, 3.63) is 114 Å². The Balaban J connectivity index is 1.57. The van der Waals surface area contributed by atoms with Crippen LogP contribution in [0.4, 0.5) is 21.6 Å². The first-order valence-electron chi connectivity index (χ1n) is 12.2. The van der Waals surface area contributed by atoms with Crippen molar-refractivity contribution in [1.82, 2.24) is 4.98 Å².